The lowest BCUT2D eigenvalue weighted by Gasteiger charge is -2.18. The van der Waals surface area contributed by atoms with E-state index in [2.05, 4.69) is 292 Å². The summed E-state index contributed by atoms with van der Waals surface area (Å²) in [5.41, 5.74) is 15.5. The van der Waals surface area contributed by atoms with Gasteiger partial charge >= 0.3 is 0 Å². The van der Waals surface area contributed by atoms with E-state index in [9.17, 15) is 0 Å². The van der Waals surface area contributed by atoms with Crippen molar-refractivity contribution < 1.29 is 0 Å². The van der Waals surface area contributed by atoms with Gasteiger partial charge < -0.3 is 0 Å². The fourth-order valence-electron chi connectivity index (χ4n) is 9.25. The van der Waals surface area contributed by atoms with Crippen LogP contribution in [0.5, 0.6) is 0 Å². The molecule has 0 aliphatic rings. The second-order valence-corrected chi connectivity index (χ2v) is 23.9. The van der Waals surface area contributed by atoms with Crippen molar-refractivity contribution in [3.63, 3.8) is 0 Å². The molecule has 0 aromatic heterocycles. The van der Waals surface area contributed by atoms with Crippen molar-refractivity contribution in [2.75, 3.05) is 0 Å². The van der Waals surface area contributed by atoms with Crippen LogP contribution in [0.2, 0.25) is 0 Å². The van der Waals surface area contributed by atoms with Crippen LogP contribution in [0.15, 0.2) is 194 Å². The van der Waals surface area contributed by atoms with Gasteiger partial charge in [-0.25, -0.2) is 0 Å². The zero-order valence-corrected chi connectivity index (χ0v) is 54.8. The number of aryl methyl sites for hydroxylation is 5. The quantitative estimate of drug-likeness (QED) is 0.0599. The minimum absolute atomic E-state index is 0.293. The van der Waals surface area contributed by atoms with E-state index in [1.54, 1.807) is 27.8 Å². The summed E-state index contributed by atoms with van der Waals surface area (Å²) in [7, 11) is 0. The van der Waals surface area contributed by atoms with Crippen molar-refractivity contribution in [1.82, 2.24) is 0 Å². The Morgan fingerprint density at radius 2 is 0.630 bits per heavy atom. The molecule has 0 aliphatic carbocycles. The topological polar surface area (TPSA) is 0 Å². The molecule has 81 heavy (non-hydrogen) atoms. The van der Waals surface area contributed by atoms with E-state index in [-0.39, 0.29) is 0 Å². The predicted molar refractivity (Wildman–Crippen MR) is 367 cm³/mol. The molecular formula is C81H120. The van der Waals surface area contributed by atoms with E-state index in [4.69, 9.17) is 0 Å². The van der Waals surface area contributed by atoms with Crippen molar-refractivity contribution in [3.8, 4) is 0 Å². The SMILES string of the molecule is CC(C)(C)c1ccccc1.CC(C)Cc1ccccc1.CC(C)c1ccccc1.CCC(C)c1ccccc1.CCCCc1cccc(CCCC)c1CCCC.CCCCc1ccccc1.CCCCc1ccccc1CCCC. The van der Waals surface area contributed by atoms with Crippen LogP contribution in [-0.2, 0) is 50.4 Å². The third-order valence-corrected chi connectivity index (χ3v) is 14.7. The van der Waals surface area contributed by atoms with Crippen molar-refractivity contribution >= 4 is 0 Å². The van der Waals surface area contributed by atoms with Crippen LogP contribution in [0.1, 0.15) is 255 Å². The Bertz CT molecular complexity index is 2370. The summed E-state index contributed by atoms with van der Waals surface area (Å²) in [5, 5.41) is 0. The fraction of sp³-hybridized carbons (Fsp3) is 0.481. The van der Waals surface area contributed by atoms with Crippen molar-refractivity contribution in [3.05, 3.63) is 250 Å². The number of rotatable bonds is 23. The van der Waals surface area contributed by atoms with Crippen molar-refractivity contribution in [2.45, 2.75) is 250 Å². The molecule has 0 heterocycles. The maximum Gasteiger partial charge on any atom is -0.0132 e. The number of benzene rings is 7. The fourth-order valence-corrected chi connectivity index (χ4v) is 9.25. The third kappa shape index (κ3) is 36.6. The summed E-state index contributed by atoms with van der Waals surface area (Å²) in [4.78, 5) is 0. The molecule has 0 bridgehead atoms. The standard InChI is InChI=1S/C18H30.C14H22.4C10H14.C9H12/c1-4-7-11-16-13-10-14-17(12-8-5-2)18(16)15-9-6-3;1-3-5-9-13-11-7-8-12-14(13)10-6-4-2;1-10(2,3)9-7-5-4-6-8-9;1-9(2)8-10-6-4-3-5-7-10;1-3-9(2)10-7-5-4-6-8-10;1-2-3-7-10-8-5-4-6-9-10;1-8(2)9-6-4-3-5-7-9/h10,13-14H,4-9,11-12,15H2,1-3H3;7-8,11-12H,3-6,9-10H2,1-2H3;4-8H,1-3H3;3-7,9H,8H2,1-2H3;4-9H,3H2,1-2H3;4-6,8-9H,2-3,7H2,1H3;3-8H,1-2H3. The Labute approximate surface area is 502 Å². The third-order valence-electron chi connectivity index (χ3n) is 14.7. The van der Waals surface area contributed by atoms with Crippen molar-refractivity contribution in [2.24, 2.45) is 5.92 Å². The van der Waals surface area contributed by atoms with E-state index < -0.39 is 0 Å². The van der Waals surface area contributed by atoms with Crippen LogP contribution in [0.4, 0.5) is 0 Å². The van der Waals surface area contributed by atoms with Gasteiger partial charge in [0.2, 0.25) is 0 Å². The maximum absolute atomic E-state index is 2.36. The van der Waals surface area contributed by atoms with Gasteiger partial charge in [0, 0.05) is 0 Å². The average molecular weight is 1090 g/mol. The molecule has 0 nitrogen and oxygen atoms in total. The maximum atomic E-state index is 2.36. The highest BCUT2D eigenvalue weighted by molar-refractivity contribution is 5.36. The second kappa shape index (κ2) is 48.1. The Morgan fingerprint density at radius 3 is 0.975 bits per heavy atom. The Morgan fingerprint density at radius 1 is 0.309 bits per heavy atom. The van der Waals surface area contributed by atoms with Crippen molar-refractivity contribution in [1.29, 1.82) is 0 Å². The Kier molecular flexibility index (Phi) is 43.7. The first kappa shape index (κ1) is 73.6. The molecule has 1 atom stereocenters. The van der Waals surface area contributed by atoms with Gasteiger partial charge in [0.15, 0.2) is 0 Å². The summed E-state index contributed by atoms with van der Waals surface area (Å²) in [6.45, 7) is 33.6. The van der Waals surface area contributed by atoms with Gasteiger partial charge in [0.25, 0.3) is 0 Å². The van der Waals surface area contributed by atoms with Crippen LogP contribution in [-0.4, -0.2) is 0 Å². The van der Waals surface area contributed by atoms with Gasteiger partial charge in [-0.05, 0) is 169 Å². The first-order valence-electron chi connectivity index (χ1n) is 32.6. The molecule has 0 fully saturated rings. The molecule has 0 spiro atoms. The summed E-state index contributed by atoms with van der Waals surface area (Å²) in [6, 6.07) is 68.9. The summed E-state index contributed by atoms with van der Waals surface area (Å²) in [5.74, 6) is 2.13. The normalized spacial score (nSPS) is 10.8. The molecule has 0 heteroatoms. The number of unbranched alkanes of at least 4 members (excludes halogenated alkanes) is 6. The van der Waals surface area contributed by atoms with Gasteiger partial charge in [-0.2, -0.15) is 0 Å². The number of hydrogen-bond acceptors (Lipinski definition) is 0. The van der Waals surface area contributed by atoms with Gasteiger partial charge in [0.05, 0.1) is 0 Å². The van der Waals surface area contributed by atoms with Crippen LogP contribution in [0, 0.1) is 5.92 Å². The van der Waals surface area contributed by atoms with E-state index in [1.165, 1.54) is 156 Å². The lowest BCUT2D eigenvalue weighted by molar-refractivity contribution is 0.590. The predicted octanol–water partition coefficient (Wildman–Crippen LogP) is 25.0. The molecule has 0 aliphatic heterocycles. The molecule has 7 rings (SSSR count). The van der Waals surface area contributed by atoms with Crippen LogP contribution in [0.25, 0.3) is 0 Å². The van der Waals surface area contributed by atoms with Gasteiger partial charge in [-0.15, -0.1) is 0 Å². The van der Waals surface area contributed by atoms with Gasteiger partial charge in [0.1, 0.15) is 0 Å². The van der Waals surface area contributed by atoms with E-state index in [1.807, 2.05) is 6.07 Å². The molecule has 7 aromatic rings. The monoisotopic (exact) mass is 1090 g/mol. The lowest BCUT2D eigenvalue weighted by atomic mass is 9.87. The minimum atomic E-state index is 0.293. The largest absolute Gasteiger partial charge is 0.0654 e. The highest BCUT2D eigenvalue weighted by atomic mass is 14.2. The van der Waals surface area contributed by atoms with Crippen LogP contribution in [0.3, 0.4) is 0 Å². The molecular weight excluding hydrogens is 973 g/mol. The molecule has 1 unspecified atom stereocenters. The van der Waals surface area contributed by atoms with Gasteiger partial charge in [-0.1, -0.05) is 337 Å². The summed E-state index contributed by atoms with van der Waals surface area (Å²) in [6.07, 6.45) is 25.7. The first-order valence-corrected chi connectivity index (χ1v) is 32.6. The molecule has 0 saturated heterocycles. The van der Waals surface area contributed by atoms with Gasteiger partial charge in [-0.3, -0.25) is 0 Å². The molecule has 0 radical (unpaired) electrons. The first-order chi connectivity index (χ1) is 39.2. The highest BCUT2D eigenvalue weighted by Gasteiger charge is 2.12. The second-order valence-electron chi connectivity index (χ2n) is 23.9. The Hall–Kier alpha value is -5.46. The van der Waals surface area contributed by atoms with Crippen LogP contribution < -0.4 is 0 Å². The summed E-state index contributed by atoms with van der Waals surface area (Å²) >= 11 is 0. The average Bonchev–Trinajstić information content (AvgIpc) is 3.50. The highest BCUT2D eigenvalue weighted by Crippen LogP contribution is 2.23. The zero-order chi connectivity index (χ0) is 59.8. The molecule has 0 saturated carbocycles. The molecule has 0 amide bonds. The van der Waals surface area contributed by atoms with Crippen LogP contribution >= 0.6 is 0 Å². The minimum Gasteiger partial charge on any atom is -0.0654 e. The molecule has 444 valence electrons. The smallest absolute Gasteiger partial charge is 0.0132 e. The summed E-state index contributed by atoms with van der Waals surface area (Å²) < 4.78 is 0. The zero-order valence-electron chi connectivity index (χ0n) is 54.8. The number of hydrogen-bond donors (Lipinski definition) is 0. The lowest BCUT2D eigenvalue weighted by Crippen LogP contribution is -2.10. The van der Waals surface area contributed by atoms with E-state index in [0.29, 0.717) is 17.3 Å². The Balaban J connectivity index is 0.000000479. The van der Waals surface area contributed by atoms with E-state index >= 15 is 0 Å². The molecule has 7 aromatic carbocycles. The van der Waals surface area contributed by atoms with E-state index in [0.717, 1.165) is 5.92 Å². The molecule has 0 N–H and O–H groups in total.